The average molecular weight is 294 g/mol. The van der Waals surface area contributed by atoms with Gasteiger partial charge >= 0.3 is 0 Å². The fourth-order valence-electron chi connectivity index (χ4n) is 2.46. The second kappa shape index (κ2) is 8.14. The number of methoxy groups -OCH3 is 1. The highest BCUT2D eigenvalue weighted by molar-refractivity contribution is 5.50. The molecule has 6 nitrogen and oxygen atoms in total. The quantitative estimate of drug-likeness (QED) is 0.830. The predicted molar refractivity (Wildman–Crippen MR) is 83.8 cm³/mol. The monoisotopic (exact) mass is 294 g/mol. The minimum atomic E-state index is 0.378. The van der Waals surface area contributed by atoms with Crippen LogP contribution in [0.5, 0.6) is 0 Å². The van der Waals surface area contributed by atoms with Gasteiger partial charge in [-0.2, -0.15) is 0 Å². The van der Waals surface area contributed by atoms with Crippen LogP contribution in [0.15, 0.2) is 6.07 Å². The number of aromatic nitrogens is 2. The number of hydrogen-bond donors (Lipinski definition) is 1. The minimum Gasteiger partial charge on any atom is -0.377 e. The van der Waals surface area contributed by atoms with Crippen LogP contribution in [0, 0.1) is 0 Å². The fraction of sp³-hybridized carbons (Fsp3) is 0.733. The summed E-state index contributed by atoms with van der Waals surface area (Å²) in [5.41, 5.74) is 0. The van der Waals surface area contributed by atoms with Gasteiger partial charge in [0.2, 0.25) is 0 Å². The fourth-order valence-corrected chi connectivity index (χ4v) is 2.46. The molecule has 0 saturated carbocycles. The summed E-state index contributed by atoms with van der Waals surface area (Å²) in [6, 6.07) is 2.41. The summed E-state index contributed by atoms with van der Waals surface area (Å²) >= 11 is 0. The van der Waals surface area contributed by atoms with E-state index >= 15 is 0 Å². The Kier molecular flexibility index (Phi) is 6.20. The molecular formula is C15H26N4O2. The molecule has 1 atom stereocenters. The molecule has 1 N–H and O–H groups in total. The van der Waals surface area contributed by atoms with Crippen LogP contribution in [0.4, 0.5) is 11.6 Å². The zero-order valence-corrected chi connectivity index (χ0v) is 13.3. The number of hydrogen-bond acceptors (Lipinski definition) is 6. The maximum absolute atomic E-state index is 5.57. The van der Waals surface area contributed by atoms with Gasteiger partial charge in [0.25, 0.3) is 0 Å². The summed E-state index contributed by atoms with van der Waals surface area (Å²) in [6.07, 6.45) is 2.11. The molecule has 21 heavy (non-hydrogen) atoms. The maximum atomic E-state index is 5.57. The molecule has 2 heterocycles. The first-order valence-corrected chi connectivity index (χ1v) is 7.73. The van der Waals surface area contributed by atoms with E-state index in [-0.39, 0.29) is 0 Å². The van der Waals surface area contributed by atoms with E-state index in [1.165, 1.54) is 0 Å². The maximum Gasteiger partial charge on any atom is 0.158 e. The molecule has 1 fully saturated rings. The largest absolute Gasteiger partial charge is 0.377 e. The van der Waals surface area contributed by atoms with E-state index in [4.69, 9.17) is 9.47 Å². The second-order valence-corrected chi connectivity index (χ2v) is 5.22. The number of nitrogens with zero attached hydrogens (tertiary/aromatic N) is 3. The van der Waals surface area contributed by atoms with Crippen molar-refractivity contribution in [2.75, 3.05) is 43.6 Å². The van der Waals surface area contributed by atoms with Crippen LogP contribution < -0.4 is 10.2 Å². The zero-order valence-electron chi connectivity index (χ0n) is 13.3. The summed E-state index contributed by atoms with van der Waals surface area (Å²) < 4.78 is 10.8. The molecule has 118 valence electrons. The molecule has 6 heteroatoms. The van der Waals surface area contributed by atoms with E-state index in [0.29, 0.717) is 12.6 Å². The number of ether oxygens (including phenoxy) is 2. The Bertz CT molecular complexity index is 442. The molecule has 1 aliphatic rings. The van der Waals surface area contributed by atoms with E-state index in [2.05, 4.69) is 34.0 Å². The highest BCUT2D eigenvalue weighted by Crippen LogP contribution is 2.22. The molecule has 1 aromatic rings. The highest BCUT2D eigenvalue weighted by Gasteiger charge is 2.23. The van der Waals surface area contributed by atoms with Crippen LogP contribution in [0.3, 0.4) is 0 Å². The second-order valence-electron chi connectivity index (χ2n) is 5.22. The molecule has 0 aliphatic carbocycles. The van der Waals surface area contributed by atoms with Gasteiger partial charge in [0.05, 0.1) is 19.3 Å². The van der Waals surface area contributed by atoms with Gasteiger partial charge in [0.15, 0.2) is 5.82 Å². The third kappa shape index (κ3) is 4.28. The van der Waals surface area contributed by atoms with Crippen molar-refractivity contribution in [1.29, 1.82) is 0 Å². The Hall–Kier alpha value is -1.40. The van der Waals surface area contributed by atoms with Gasteiger partial charge in [-0.1, -0.05) is 13.8 Å². The third-order valence-electron chi connectivity index (χ3n) is 3.58. The lowest BCUT2D eigenvalue weighted by Gasteiger charge is -2.36. The Morgan fingerprint density at radius 3 is 3.00 bits per heavy atom. The van der Waals surface area contributed by atoms with Crippen LogP contribution in [0.1, 0.15) is 32.5 Å². The number of morpholine rings is 1. The first-order valence-electron chi connectivity index (χ1n) is 7.73. The number of nitrogens with one attached hydrogen (secondary N) is 1. The van der Waals surface area contributed by atoms with Gasteiger partial charge in [-0.25, -0.2) is 9.97 Å². The Morgan fingerprint density at radius 2 is 2.29 bits per heavy atom. The van der Waals surface area contributed by atoms with Crippen molar-refractivity contribution in [3.8, 4) is 0 Å². The molecule has 0 aromatic carbocycles. The lowest BCUT2D eigenvalue weighted by atomic mass is 10.2. The van der Waals surface area contributed by atoms with Crippen molar-refractivity contribution in [1.82, 2.24) is 9.97 Å². The molecule has 1 aromatic heterocycles. The molecule has 1 aliphatic heterocycles. The van der Waals surface area contributed by atoms with E-state index in [1.54, 1.807) is 7.11 Å². The van der Waals surface area contributed by atoms with Gasteiger partial charge in [0.1, 0.15) is 18.2 Å². The summed E-state index contributed by atoms with van der Waals surface area (Å²) in [6.45, 7) is 8.03. The smallest absolute Gasteiger partial charge is 0.158 e. The first-order chi connectivity index (χ1) is 10.3. The van der Waals surface area contributed by atoms with Crippen LogP contribution in [0.2, 0.25) is 0 Å². The van der Waals surface area contributed by atoms with Crippen LogP contribution >= 0.6 is 0 Å². The lowest BCUT2D eigenvalue weighted by molar-refractivity contribution is 0.0924. The van der Waals surface area contributed by atoms with Crippen molar-refractivity contribution in [2.45, 2.75) is 39.3 Å². The van der Waals surface area contributed by atoms with Crippen molar-refractivity contribution < 1.29 is 9.47 Å². The first kappa shape index (κ1) is 16.0. The SMILES string of the molecule is CCCNc1cc(N2CCOCC2CC)nc(COC)n1. The summed E-state index contributed by atoms with van der Waals surface area (Å²) in [5, 5.41) is 3.34. The van der Waals surface area contributed by atoms with Crippen LogP contribution in [-0.2, 0) is 16.1 Å². The molecule has 0 radical (unpaired) electrons. The van der Waals surface area contributed by atoms with Crippen LogP contribution in [-0.4, -0.2) is 49.4 Å². The average Bonchev–Trinajstić information content (AvgIpc) is 2.53. The van der Waals surface area contributed by atoms with Gasteiger partial charge in [-0.05, 0) is 12.8 Å². The molecule has 1 saturated heterocycles. The third-order valence-corrected chi connectivity index (χ3v) is 3.58. The number of anilines is 2. The Morgan fingerprint density at radius 1 is 1.43 bits per heavy atom. The summed E-state index contributed by atoms with van der Waals surface area (Å²) in [7, 11) is 1.67. The van der Waals surface area contributed by atoms with E-state index < -0.39 is 0 Å². The van der Waals surface area contributed by atoms with Crippen LogP contribution in [0.25, 0.3) is 0 Å². The highest BCUT2D eigenvalue weighted by atomic mass is 16.5. The van der Waals surface area contributed by atoms with E-state index in [0.717, 1.165) is 56.6 Å². The van der Waals surface area contributed by atoms with Gasteiger partial charge in [-0.3, -0.25) is 0 Å². The Labute approximate surface area is 126 Å². The van der Waals surface area contributed by atoms with Crippen molar-refractivity contribution >= 4 is 11.6 Å². The van der Waals surface area contributed by atoms with Gasteiger partial charge in [-0.15, -0.1) is 0 Å². The molecule has 0 amide bonds. The predicted octanol–water partition coefficient (Wildman–Crippen LogP) is 2.06. The normalized spacial score (nSPS) is 18.8. The molecular weight excluding hydrogens is 268 g/mol. The van der Waals surface area contributed by atoms with Crippen molar-refractivity contribution in [2.24, 2.45) is 0 Å². The topological polar surface area (TPSA) is 59.5 Å². The minimum absolute atomic E-state index is 0.378. The lowest BCUT2D eigenvalue weighted by Crippen LogP contribution is -2.45. The Balaban J connectivity index is 2.24. The zero-order chi connectivity index (χ0) is 15.1. The molecule has 1 unspecified atom stereocenters. The van der Waals surface area contributed by atoms with E-state index in [9.17, 15) is 0 Å². The van der Waals surface area contributed by atoms with Gasteiger partial charge < -0.3 is 19.7 Å². The molecule has 0 bridgehead atoms. The van der Waals surface area contributed by atoms with Crippen molar-refractivity contribution in [3.05, 3.63) is 11.9 Å². The molecule has 0 spiro atoms. The summed E-state index contributed by atoms with van der Waals surface area (Å²) in [4.78, 5) is 11.5. The van der Waals surface area contributed by atoms with E-state index in [1.807, 2.05) is 6.07 Å². The summed E-state index contributed by atoms with van der Waals surface area (Å²) in [5.74, 6) is 2.55. The standard InChI is InChI=1S/C15H26N4O2/c1-4-6-16-13-9-15(18-14(17-13)11-20-3)19-7-8-21-10-12(19)5-2/h9,12H,4-8,10-11H2,1-3H3,(H,16,17,18). The van der Waals surface area contributed by atoms with Gasteiger partial charge in [0, 0.05) is 26.3 Å². The number of rotatable bonds is 7. The molecule has 2 rings (SSSR count). The van der Waals surface area contributed by atoms with Crippen molar-refractivity contribution in [3.63, 3.8) is 0 Å².